The Morgan fingerprint density at radius 2 is 1.70 bits per heavy atom. The van der Waals surface area contributed by atoms with E-state index in [1.807, 2.05) is 19.1 Å². The highest BCUT2D eigenvalue weighted by molar-refractivity contribution is 5.89. The smallest absolute Gasteiger partial charge is 0.336 e. The van der Waals surface area contributed by atoms with Gasteiger partial charge in [0.25, 0.3) is 0 Å². The van der Waals surface area contributed by atoms with Gasteiger partial charge in [-0.1, -0.05) is 37.3 Å². The molecule has 0 amide bonds. The third-order valence-corrected chi connectivity index (χ3v) is 3.75. The van der Waals surface area contributed by atoms with Crippen molar-refractivity contribution in [1.82, 2.24) is 0 Å². The quantitative estimate of drug-likeness (QED) is 0.727. The number of carboxylic acids is 2. The van der Waals surface area contributed by atoms with Gasteiger partial charge in [-0.05, 0) is 35.7 Å². The molecule has 120 valence electrons. The fourth-order valence-corrected chi connectivity index (χ4v) is 2.47. The minimum atomic E-state index is -0.954. The Hall–Kier alpha value is -2.82. The summed E-state index contributed by atoms with van der Waals surface area (Å²) in [5.74, 6) is -2.29. The van der Waals surface area contributed by atoms with Crippen LogP contribution in [0.4, 0.5) is 5.69 Å². The summed E-state index contributed by atoms with van der Waals surface area (Å²) >= 11 is 0. The van der Waals surface area contributed by atoms with Crippen molar-refractivity contribution < 1.29 is 19.8 Å². The minimum absolute atomic E-state index is 0.272. The number of nitrogens with one attached hydrogen (secondary N) is 1. The highest BCUT2D eigenvalue weighted by Crippen LogP contribution is 2.22. The van der Waals surface area contributed by atoms with Gasteiger partial charge in [0.15, 0.2) is 0 Å². The summed E-state index contributed by atoms with van der Waals surface area (Å²) in [4.78, 5) is 22.3. The lowest BCUT2D eigenvalue weighted by Crippen LogP contribution is -2.10. The zero-order chi connectivity index (χ0) is 16.8. The van der Waals surface area contributed by atoms with Crippen molar-refractivity contribution in [2.45, 2.75) is 25.8 Å². The van der Waals surface area contributed by atoms with Gasteiger partial charge >= 0.3 is 11.9 Å². The van der Waals surface area contributed by atoms with E-state index in [9.17, 15) is 9.59 Å². The normalized spacial score (nSPS) is 11.7. The monoisotopic (exact) mass is 313 g/mol. The third kappa shape index (κ3) is 4.10. The molecule has 5 heteroatoms. The first kappa shape index (κ1) is 16.5. The van der Waals surface area contributed by atoms with Crippen molar-refractivity contribution in [3.8, 4) is 0 Å². The fourth-order valence-electron chi connectivity index (χ4n) is 2.47. The molecule has 0 fully saturated rings. The van der Waals surface area contributed by atoms with E-state index >= 15 is 0 Å². The molecule has 0 spiro atoms. The van der Waals surface area contributed by atoms with Crippen molar-refractivity contribution in [3.05, 3.63) is 65.2 Å². The topological polar surface area (TPSA) is 86.6 Å². The molecule has 3 N–H and O–H groups in total. The average molecular weight is 313 g/mol. The molecule has 2 aromatic carbocycles. The maximum Gasteiger partial charge on any atom is 0.336 e. The molecule has 0 aliphatic carbocycles. The van der Waals surface area contributed by atoms with E-state index in [1.165, 1.54) is 0 Å². The van der Waals surface area contributed by atoms with Gasteiger partial charge in [0.05, 0.1) is 11.5 Å². The molecule has 1 atom stereocenters. The van der Waals surface area contributed by atoms with Gasteiger partial charge in [-0.3, -0.25) is 4.79 Å². The van der Waals surface area contributed by atoms with Gasteiger partial charge in [0.1, 0.15) is 0 Å². The molecular formula is C18H19NO4. The number of anilines is 1. The number of carbonyl (C=O) groups is 2. The molecule has 1 unspecified atom stereocenters. The van der Waals surface area contributed by atoms with Crippen molar-refractivity contribution in [1.29, 1.82) is 0 Å². The van der Waals surface area contributed by atoms with Crippen LogP contribution >= 0.6 is 0 Å². The summed E-state index contributed by atoms with van der Waals surface area (Å²) in [7, 11) is 0. The van der Waals surface area contributed by atoms with E-state index < -0.39 is 17.9 Å². The predicted octanol–water partition coefficient (Wildman–Crippen LogP) is 3.58. The summed E-state index contributed by atoms with van der Waals surface area (Å²) in [5, 5.41) is 21.5. The SMILES string of the molecule is CCC(C(=O)O)c1ccc(NCc2ccccc2C(=O)O)cc1. The van der Waals surface area contributed by atoms with Crippen LogP contribution in [-0.4, -0.2) is 22.2 Å². The summed E-state index contributed by atoms with van der Waals surface area (Å²) in [5.41, 5.74) is 2.54. The second-order valence-electron chi connectivity index (χ2n) is 5.24. The second kappa shape index (κ2) is 7.45. The number of aliphatic carboxylic acids is 1. The number of hydrogen-bond donors (Lipinski definition) is 3. The molecule has 5 nitrogen and oxygen atoms in total. The van der Waals surface area contributed by atoms with Crippen LogP contribution in [-0.2, 0) is 11.3 Å². The third-order valence-electron chi connectivity index (χ3n) is 3.75. The molecule has 23 heavy (non-hydrogen) atoms. The molecule has 0 radical (unpaired) electrons. The first-order valence-corrected chi connectivity index (χ1v) is 7.40. The van der Waals surface area contributed by atoms with Crippen LogP contribution < -0.4 is 5.32 Å². The first-order valence-electron chi connectivity index (χ1n) is 7.40. The van der Waals surface area contributed by atoms with Gasteiger partial charge in [-0.25, -0.2) is 4.79 Å². The summed E-state index contributed by atoms with van der Waals surface area (Å²) in [6.45, 7) is 2.23. The van der Waals surface area contributed by atoms with E-state index in [0.717, 1.165) is 11.3 Å². The molecule has 2 rings (SSSR count). The Morgan fingerprint density at radius 1 is 1.04 bits per heavy atom. The highest BCUT2D eigenvalue weighted by atomic mass is 16.4. The molecule has 0 aliphatic heterocycles. The van der Waals surface area contributed by atoms with Crippen molar-refractivity contribution >= 4 is 17.6 Å². The van der Waals surface area contributed by atoms with Crippen LogP contribution in [0, 0.1) is 0 Å². The van der Waals surface area contributed by atoms with E-state index in [4.69, 9.17) is 10.2 Å². The molecule has 0 aliphatic rings. The zero-order valence-corrected chi connectivity index (χ0v) is 12.8. The first-order chi connectivity index (χ1) is 11.0. The van der Waals surface area contributed by atoms with Crippen LogP contribution in [0.5, 0.6) is 0 Å². The number of aromatic carboxylic acids is 1. The molecule has 0 saturated heterocycles. The Kier molecular flexibility index (Phi) is 5.36. The van der Waals surface area contributed by atoms with Crippen molar-refractivity contribution in [2.75, 3.05) is 5.32 Å². The Labute approximate surface area is 134 Å². The zero-order valence-electron chi connectivity index (χ0n) is 12.8. The second-order valence-corrected chi connectivity index (χ2v) is 5.24. The standard InChI is InChI=1S/C18H19NO4/c1-2-15(17(20)21)12-7-9-14(10-8-12)19-11-13-5-3-4-6-16(13)18(22)23/h3-10,15,19H,2,11H2,1H3,(H,20,21)(H,22,23). The van der Waals surface area contributed by atoms with Crippen LogP contribution in [0.3, 0.4) is 0 Å². The van der Waals surface area contributed by atoms with Crippen LogP contribution in [0.1, 0.15) is 40.7 Å². The minimum Gasteiger partial charge on any atom is -0.481 e. The van der Waals surface area contributed by atoms with E-state index in [0.29, 0.717) is 18.5 Å². The molecule has 0 heterocycles. The van der Waals surface area contributed by atoms with Gasteiger partial charge in [-0.2, -0.15) is 0 Å². The van der Waals surface area contributed by atoms with Crippen LogP contribution in [0.15, 0.2) is 48.5 Å². The van der Waals surface area contributed by atoms with Crippen molar-refractivity contribution in [3.63, 3.8) is 0 Å². The Bertz CT molecular complexity index is 694. The molecule has 2 aromatic rings. The number of hydrogen-bond acceptors (Lipinski definition) is 3. The average Bonchev–Trinajstić information content (AvgIpc) is 2.54. The number of rotatable bonds is 7. The number of carboxylic acid groups (broad SMARTS) is 2. The summed E-state index contributed by atoms with van der Waals surface area (Å²) in [6.07, 6.45) is 0.536. The summed E-state index contributed by atoms with van der Waals surface area (Å²) in [6, 6.07) is 14.0. The maximum atomic E-state index is 11.2. The Morgan fingerprint density at radius 3 is 2.26 bits per heavy atom. The fraction of sp³-hybridized carbons (Fsp3) is 0.222. The lowest BCUT2D eigenvalue weighted by molar-refractivity contribution is -0.138. The van der Waals surface area contributed by atoms with Gasteiger partial charge in [0, 0.05) is 12.2 Å². The Balaban J connectivity index is 2.08. The van der Waals surface area contributed by atoms with Crippen LogP contribution in [0.2, 0.25) is 0 Å². The maximum absolute atomic E-state index is 11.2. The van der Waals surface area contributed by atoms with Crippen LogP contribution in [0.25, 0.3) is 0 Å². The summed E-state index contributed by atoms with van der Waals surface area (Å²) < 4.78 is 0. The molecule has 0 bridgehead atoms. The van der Waals surface area contributed by atoms with E-state index in [2.05, 4.69) is 5.32 Å². The predicted molar refractivity (Wildman–Crippen MR) is 87.8 cm³/mol. The largest absolute Gasteiger partial charge is 0.481 e. The lowest BCUT2D eigenvalue weighted by Gasteiger charge is -2.12. The van der Waals surface area contributed by atoms with Gasteiger partial charge < -0.3 is 15.5 Å². The van der Waals surface area contributed by atoms with Crippen molar-refractivity contribution in [2.24, 2.45) is 0 Å². The molecule has 0 aromatic heterocycles. The molecule has 0 saturated carbocycles. The molecular weight excluding hydrogens is 294 g/mol. The van der Waals surface area contributed by atoms with Gasteiger partial charge in [-0.15, -0.1) is 0 Å². The van der Waals surface area contributed by atoms with E-state index in [1.54, 1.807) is 36.4 Å². The lowest BCUT2D eigenvalue weighted by atomic mass is 9.96. The van der Waals surface area contributed by atoms with Gasteiger partial charge in [0.2, 0.25) is 0 Å². The highest BCUT2D eigenvalue weighted by Gasteiger charge is 2.17. The number of benzene rings is 2. The van der Waals surface area contributed by atoms with E-state index in [-0.39, 0.29) is 5.56 Å².